The maximum atomic E-state index is 11.6. The second-order valence-corrected chi connectivity index (χ2v) is 6.05. The molecule has 0 heterocycles. The molecule has 1 rings (SSSR count). The van der Waals surface area contributed by atoms with Crippen molar-refractivity contribution >= 4 is 12.2 Å². The molecule has 0 aromatic rings. The molecule has 0 aromatic heterocycles. The molecule has 0 radical (unpaired) electrons. The van der Waals surface area contributed by atoms with Gasteiger partial charge in [-0.2, -0.15) is 0 Å². The molecule has 2 amide bonds. The van der Waals surface area contributed by atoms with E-state index in [1.807, 2.05) is 20.8 Å². The Morgan fingerprint density at radius 2 is 1.79 bits per heavy atom. The molecule has 1 fully saturated rings. The van der Waals surface area contributed by atoms with Gasteiger partial charge in [-0.25, -0.2) is 9.59 Å². The molecule has 110 valence electrons. The van der Waals surface area contributed by atoms with Crippen LogP contribution in [0.3, 0.4) is 0 Å². The SMILES string of the molecule is CC(C)(C)OC(=O)N[C@H]1CC[C@H](CNC(=O)O)CC1. The Morgan fingerprint density at radius 3 is 2.26 bits per heavy atom. The van der Waals surface area contributed by atoms with Crippen molar-refractivity contribution in [3.63, 3.8) is 0 Å². The van der Waals surface area contributed by atoms with Gasteiger partial charge in [-0.05, 0) is 52.4 Å². The average Bonchev–Trinajstić information content (AvgIpc) is 2.25. The van der Waals surface area contributed by atoms with E-state index in [1.165, 1.54) is 0 Å². The lowest BCUT2D eigenvalue weighted by molar-refractivity contribution is 0.0487. The highest BCUT2D eigenvalue weighted by molar-refractivity contribution is 5.68. The number of hydrogen-bond acceptors (Lipinski definition) is 3. The predicted octanol–water partition coefficient (Wildman–Crippen LogP) is 2.34. The molecule has 19 heavy (non-hydrogen) atoms. The maximum Gasteiger partial charge on any atom is 0.407 e. The van der Waals surface area contributed by atoms with Gasteiger partial charge in [0.15, 0.2) is 0 Å². The zero-order valence-electron chi connectivity index (χ0n) is 11.9. The third-order valence-corrected chi connectivity index (χ3v) is 3.11. The zero-order valence-corrected chi connectivity index (χ0v) is 11.9. The van der Waals surface area contributed by atoms with Crippen molar-refractivity contribution in [2.24, 2.45) is 5.92 Å². The minimum Gasteiger partial charge on any atom is -0.465 e. The van der Waals surface area contributed by atoms with Crippen molar-refractivity contribution in [1.82, 2.24) is 10.6 Å². The number of rotatable bonds is 3. The molecular formula is C13H24N2O4. The molecule has 3 N–H and O–H groups in total. The molecule has 0 spiro atoms. The summed E-state index contributed by atoms with van der Waals surface area (Å²) in [5.41, 5.74) is -0.479. The van der Waals surface area contributed by atoms with Gasteiger partial charge in [0.05, 0.1) is 0 Å². The lowest BCUT2D eigenvalue weighted by Gasteiger charge is -2.29. The van der Waals surface area contributed by atoms with E-state index in [4.69, 9.17) is 9.84 Å². The van der Waals surface area contributed by atoms with Gasteiger partial charge < -0.3 is 20.5 Å². The minimum absolute atomic E-state index is 0.135. The normalized spacial score (nSPS) is 23.5. The van der Waals surface area contributed by atoms with Crippen molar-refractivity contribution in [3.05, 3.63) is 0 Å². The van der Waals surface area contributed by atoms with Crippen molar-refractivity contribution in [1.29, 1.82) is 0 Å². The Morgan fingerprint density at radius 1 is 1.21 bits per heavy atom. The van der Waals surface area contributed by atoms with Gasteiger partial charge in [0.25, 0.3) is 0 Å². The van der Waals surface area contributed by atoms with Gasteiger partial charge in [-0.1, -0.05) is 0 Å². The largest absolute Gasteiger partial charge is 0.465 e. The molecule has 0 aliphatic heterocycles. The number of carboxylic acid groups (broad SMARTS) is 1. The first-order valence-electron chi connectivity index (χ1n) is 6.72. The summed E-state index contributed by atoms with van der Waals surface area (Å²) >= 11 is 0. The van der Waals surface area contributed by atoms with E-state index < -0.39 is 11.7 Å². The first kappa shape index (κ1) is 15.6. The smallest absolute Gasteiger partial charge is 0.407 e. The Hall–Kier alpha value is -1.46. The Bertz CT molecular complexity index is 317. The number of ether oxygens (including phenoxy) is 1. The van der Waals surface area contributed by atoms with Gasteiger partial charge in [-0.3, -0.25) is 0 Å². The zero-order chi connectivity index (χ0) is 14.5. The number of nitrogens with one attached hydrogen (secondary N) is 2. The number of carbonyl (C=O) groups is 2. The number of amides is 2. The van der Waals surface area contributed by atoms with Crippen molar-refractivity contribution in [2.45, 2.75) is 58.1 Å². The standard InChI is InChI=1S/C13H24N2O4/c1-13(2,3)19-12(18)15-10-6-4-9(5-7-10)8-14-11(16)17/h9-10,14H,4-8H2,1-3H3,(H,15,18)(H,16,17)/t9-,10-. The predicted molar refractivity (Wildman–Crippen MR) is 71.1 cm³/mol. The second kappa shape index (κ2) is 6.63. The molecular weight excluding hydrogens is 248 g/mol. The highest BCUT2D eigenvalue weighted by atomic mass is 16.6. The monoisotopic (exact) mass is 272 g/mol. The van der Waals surface area contributed by atoms with Crippen LogP contribution in [-0.2, 0) is 4.74 Å². The van der Waals surface area contributed by atoms with Crippen LogP contribution in [0.1, 0.15) is 46.5 Å². The minimum atomic E-state index is -0.978. The Labute approximate surface area is 113 Å². The number of alkyl carbamates (subject to hydrolysis) is 1. The van der Waals surface area contributed by atoms with Gasteiger partial charge in [0.2, 0.25) is 0 Å². The quantitative estimate of drug-likeness (QED) is 0.735. The number of hydrogen-bond donors (Lipinski definition) is 3. The number of carbonyl (C=O) groups excluding carboxylic acids is 1. The first-order valence-corrected chi connectivity index (χ1v) is 6.72. The van der Waals surface area contributed by atoms with Crippen LogP contribution in [0.2, 0.25) is 0 Å². The molecule has 6 heteroatoms. The van der Waals surface area contributed by atoms with Gasteiger partial charge >= 0.3 is 12.2 Å². The summed E-state index contributed by atoms with van der Waals surface area (Å²) in [5.74, 6) is 0.368. The molecule has 1 aliphatic carbocycles. The van der Waals surface area contributed by atoms with Crippen molar-refractivity contribution < 1.29 is 19.4 Å². The van der Waals surface area contributed by atoms with Crippen LogP contribution in [-0.4, -0.2) is 35.5 Å². The average molecular weight is 272 g/mol. The molecule has 0 unspecified atom stereocenters. The first-order chi connectivity index (χ1) is 8.76. The van der Waals surface area contributed by atoms with Crippen LogP contribution in [0.5, 0.6) is 0 Å². The molecule has 0 saturated heterocycles. The summed E-state index contributed by atoms with van der Waals surface area (Å²) in [6, 6.07) is 0.135. The van der Waals surface area contributed by atoms with E-state index in [0.717, 1.165) is 25.7 Å². The summed E-state index contributed by atoms with van der Waals surface area (Å²) in [5, 5.41) is 13.8. The maximum absolute atomic E-state index is 11.6. The van der Waals surface area contributed by atoms with Gasteiger partial charge in [0.1, 0.15) is 5.60 Å². The summed E-state index contributed by atoms with van der Waals surface area (Å²) in [7, 11) is 0. The fourth-order valence-electron chi connectivity index (χ4n) is 2.22. The van der Waals surface area contributed by atoms with Crippen LogP contribution in [0.4, 0.5) is 9.59 Å². The lowest BCUT2D eigenvalue weighted by Crippen LogP contribution is -2.42. The third-order valence-electron chi connectivity index (χ3n) is 3.11. The van der Waals surface area contributed by atoms with E-state index >= 15 is 0 Å². The summed E-state index contributed by atoms with van der Waals surface area (Å²) in [6.45, 7) is 6.00. The van der Waals surface area contributed by atoms with Gasteiger partial charge in [-0.15, -0.1) is 0 Å². The molecule has 1 saturated carbocycles. The van der Waals surface area contributed by atoms with Crippen molar-refractivity contribution in [3.8, 4) is 0 Å². The molecule has 1 aliphatic rings. The molecule has 0 aromatic carbocycles. The second-order valence-electron chi connectivity index (χ2n) is 6.05. The van der Waals surface area contributed by atoms with Crippen LogP contribution < -0.4 is 10.6 Å². The highest BCUT2D eigenvalue weighted by Gasteiger charge is 2.24. The highest BCUT2D eigenvalue weighted by Crippen LogP contribution is 2.24. The van der Waals surface area contributed by atoms with E-state index in [-0.39, 0.29) is 12.1 Å². The van der Waals surface area contributed by atoms with Gasteiger partial charge in [0, 0.05) is 12.6 Å². The van der Waals surface area contributed by atoms with E-state index in [1.54, 1.807) is 0 Å². The Kier molecular flexibility index (Phi) is 5.44. The molecule has 0 atom stereocenters. The fourth-order valence-corrected chi connectivity index (χ4v) is 2.22. The van der Waals surface area contributed by atoms with Crippen LogP contribution in [0.15, 0.2) is 0 Å². The van der Waals surface area contributed by atoms with Crippen molar-refractivity contribution in [2.75, 3.05) is 6.54 Å². The molecule has 6 nitrogen and oxygen atoms in total. The summed E-state index contributed by atoms with van der Waals surface area (Å²) in [4.78, 5) is 22.0. The van der Waals surface area contributed by atoms with E-state index in [9.17, 15) is 9.59 Å². The lowest BCUT2D eigenvalue weighted by atomic mass is 9.86. The fraction of sp³-hybridized carbons (Fsp3) is 0.846. The topological polar surface area (TPSA) is 87.7 Å². The van der Waals surface area contributed by atoms with E-state index in [0.29, 0.717) is 12.5 Å². The van der Waals surface area contributed by atoms with Crippen LogP contribution in [0.25, 0.3) is 0 Å². The van der Waals surface area contributed by atoms with Crippen LogP contribution in [0, 0.1) is 5.92 Å². The van der Waals surface area contributed by atoms with E-state index in [2.05, 4.69) is 10.6 Å². The third kappa shape index (κ3) is 6.88. The van der Waals surface area contributed by atoms with Crippen LogP contribution >= 0.6 is 0 Å². The summed E-state index contributed by atoms with van der Waals surface area (Å²) < 4.78 is 5.21. The Balaban J connectivity index is 2.23. The molecule has 0 bridgehead atoms. The summed E-state index contributed by atoms with van der Waals surface area (Å²) in [6.07, 6.45) is 2.21.